The van der Waals surface area contributed by atoms with Crippen molar-refractivity contribution in [3.05, 3.63) is 0 Å². The standard InChI is InChI=1S/C12H24N2O3S/c1-5-10(3)14(8-11(15)16)12(17)13-9(2)6-7-18-4/h9-10H,5-8H2,1-4H3,(H,13,17)(H,15,16). The SMILES string of the molecule is CCC(C)N(CC(=O)O)C(=O)NC(C)CCSC. The molecule has 0 heterocycles. The van der Waals surface area contributed by atoms with Crippen molar-refractivity contribution in [2.75, 3.05) is 18.6 Å². The zero-order chi connectivity index (χ0) is 14.1. The minimum atomic E-state index is -0.984. The van der Waals surface area contributed by atoms with Gasteiger partial charge in [0.2, 0.25) is 0 Å². The van der Waals surface area contributed by atoms with Gasteiger partial charge in [-0.25, -0.2) is 4.79 Å². The van der Waals surface area contributed by atoms with Gasteiger partial charge in [-0.3, -0.25) is 4.79 Å². The fourth-order valence-electron chi connectivity index (χ4n) is 1.45. The maximum absolute atomic E-state index is 12.0. The van der Waals surface area contributed by atoms with Gasteiger partial charge in [-0.15, -0.1) is 0 Å². The lowest BCUT2D eigenvalue weighted by Crippen LogP contribution is -2.49. The Bertz CT molecular complexity index is 274. The van der Waals surface area contributed by atoms with E-state index in [-0.39, 0.29) is 24.7 Å². The van der Waals surface area contributed by atoms with Crippen molar-refractivity contribution >= 4 is 23.8 Å². The summed E-state index contributed by atoms with van der Waals surface area (Å²) in [5.74, 6) is -0.00816. The van der Waals surface area contributed by atoms with Crippen LogP contribution < -0.4 is 5.32 Å². The van der Waals surface area contributed by atoms with Gasteiger partial charge in [0.1, 0.15) is 6.54 Å². The molecule has 0 saturated heterocycles. The summed E-state index contributed by atoms with van der Waals surface area (Å²) < 4.78 is 0. The number of amides is 2. The van der Waals surface area contributed by atoms with Crippen molar-refractivity contribution < 1.29 is 14.7 Å². The van der Waals surface area contributed by atoms with E-state index in [1.54, 1.807) is 11.8 Å². The zero-order valence-electron chi connectivity index (χ0n) is 11.6. The molecule has 0 aliphatic carbocycles. The number of carboxylic acid groups (broad SMARTS) is 1. The smallest absolute Gasteiger partial charge is 0.323 e. The average Bonchev–Trinajstić information content (AvgIpc) is 2.32. The molecule has 0 fully saturated rings. The Labute approximate surface area is 113 Å². The van der Waals surface area contributed by atoms with Crippen LogP contribution in [0.15, 0.2) is 0 Å². The average molecular weight is 276 g/mol. The van der Waals surface area contributed by atoms with E-state index in [1.165, 1.54) is 4.90 Å². The molecule has 0 aliphatic heterocycles. The Kier molecular flexibility index (Phi) is 8.62. The van der Waals surface area contributed by atoms with E-state index in [9.17, 15) is 9.59 Å². The molecule has 0 saturated carbocycles. The third-order valence-corrected chi connectivity index (χ3v) is 3.46. The monoisotopic (exact) mass is 276 g/mol. The van der Waals surface area contributed by atoms with E-state index in [2.05, 4.69) is 5.32 Å². The molecule has 0 aromatic heterocycles. The molecule has 106 valence electrons. The first-order valence-corrected chi connectivity index (χ1v) is 7.59. The van der Waals surface area contributed by atoms with Gasteiger partial charge in [-0.1, -0.05) is 6.92 Å². The largest absolute Gasteiger partial charge is 0.480 e. The van der Waals surface area contributed by atoms with Gasteiger partial charge in [0, 0.05) is 12.1 Å². The lowest BCUT2D eigenvalue weighted by molar-refractivity contribution is -0.138. The summed E-state index contributed by atoms with van der Waals surface area (Å²) in [7, 11) is 0. The molecular weight excluding hydrogens is 252 g/mol. The van der Waals surface area contributed by atoms with E-state index in [1.807, 2.05) is 27.0 Å². The molecule has 2 amide bonds. The minimum Gasteiger partial charge on any atom is -0.480 e. The first kappa shape index (κ1) is 17.1. The maximum Gasteiger partial charge on any atom is 0.323 e. The fraction of sp³-hybridized carbons (Fsp3) is 0.833. The number of carbonyl (C=O) groups is 2. The normalized spacial score (nSPS) is 13.8. The number of thioether (sulfide) groups is 1. The summed E-state index contributed by atoms with van der Waals surface area (Å²) in [4.78, 5) is 24.1. The summed E-state index contributed by atoms with van der Waals surface area (Å²) in [6, 6.07) is -0.306. The van der Waals surface area contributed by atoms with Crippen LogP contribution in [0, 0.1) is 0 Å². The quantitative estimate of drug-likeness (QED) is 0.711. The Morgan fingerprint density at radius 2 is 2.00 bits per heavy atom. The summed E-state index contributed by atoms with van der Waals surface area (Å²) in [5.41, 5.74) is 0. The van der Waals surface area contributed by atoms with Crippen LogP contribution in [0.5, 0.6) is 0 Å². The second-order valence-electron chi connectivity index (χ2n) is 4.41. The van der Waals surface area contributed by atoms with Gasteiger partial charge in [0.05, 0.1) is 0 Å². The molecule has 18 heavy (non-hydrogen) atoms. The van der Waals surface area contributed by atoms with Crippen molar-refractivity contribution in [2.45, 2.75) is 45.7 Å². The number of rotatable bonds is 8. The van der Waals surface area contributed by atoms with Crippen LogP contribution in [0.25, 0.3) is 0 Å². The third kappa shape index (κ3) is 6.74. The number of carboxylic acids is 1. The van der Waals surface area contributed by atoms with Gasteiger partial charge in [-0.2, -0.15) is 11.8 Å². The molecule has 0 aliphatic rings. The molecule has 2 N–H and O–H groups in total. The van der Waals surface area contributed by atoms with E-state index < -0.39 is 5.97 Å². The second-order valence-corrected chi connectivity index (χ2v) is 5.40. The Hall–Kier alpha value is -0.910. The van der Waals surface area contributed by atoms with E-state index in [0.29, 0.717) is 0 Å². The van der Waals surface area contributed by atoms with Crippen LogP contribution in [0.4, 0.5) is 4.79 Å². The summed E-state index contributed by atoms with van der Waals surface area (Å²) in [5, 5.41) is 11.7. The Balaban J connectivity index is 4.41. The molecular formula is C12H24N2O3S. The van der Waals surface area contributed by atoms with Crippen molar-refractivity contribution in [3.8, 4) is 0 Å². The highest BCUT2D eigenvalue weighted by Crippen LogP contribution is 2.06. The number of carbonyl (C=O) groups excluding carboxylic acids is 1. The van der Waals surface area contributed by atoms with E-state index in [4.69, 9.17) is 5.11 Å². The van der Waals surface area contributed by atoms with Gasteiger partial charge >= 0.3 is 12.0 Å². The predicted molar refractivity (Wildman–Crippen MR) is 75.1 cm³/mol. The van der Waals surface area contributed by atoms with Crippen LogP contribution in [0.2, 0.25) is 0 Å². The third-order valence-electron chi connectivity index (χ3n) is 2.81. The van der Waals surface area contributed by atoms with Crippen LogP contribution in [-0.4, -0.2) is 52.6 Å². The fourth-order valence-corrected chi connectivity index (χ4v) is 2.04. The second kappa shape index (κ2) is 9.08. The molecule has 0 bridgehead atoms. The van der Waals surface area contributed by atoms with Crippen molar-refractivity contribution in [2.24, 2.45) is 0 Å². The number of nitrogens with one attached hydrogen (secondary N) is 1. The van der Waals surface area contributed by atoms with Crippen molar-refractivity contribution in [1.29, 1.82) is 0 Å². The van der Waals surface area contributed by atoms with Crippen LogP contribution in [0.1, 0.15) is 33.6 Å². The minimum absolute atomic E-state index is 0.0605. The number of hydrogen-bond acceptors (Lipinski definition) is 3. The van der Waals surface area contributed by atoms with Crippen LogP contribution in [-0.2, 0) is 4.79 Å². The highest BCUT2D eigenvalue weighted by atomic mass is 32.2. The molecule has 5 nitrogen and oxygen atoms in total. The van der Waals surface area contributed by atoms with Gasteiger partial charge in [-0.05, 0) is 38.7 Å². The lowest BCUT2D eigenvalue weighted by atomic mass is 10.2. The van der Waals surface area contributed by atoms with Gasteiger partial charge in [0.25, 0.3) is 0 Å². The highest BCUT2D eigenvalue weighted by molar-refractivity contribution is 7.98. The molecule has 0 radical (unpaired) electrons. The molecule has 2 unspecified atom stereocenters. The summed E-state index contributed by atoms with van der Waals surface area (Å²) in [6.07, 6.45) is 3.64. The lowest BCUT2D eigenvalue weighted by Gasteiger charge is -2.28. The van der Waals surface area contributed by atoms with Crippen molar-refractivity contribution in [3.63, 3.8) is 0 Å². The van der Waals surface area contributed by atoms with E-state index in [0.717, 1.165) is 18.6 Å². The summed E-state index contributed by atoms with van der Waals surface area (Å²) >= 11 is 1.73. The zero-order valence-corrected chi connectivity index (χ0v) is 12.4. The van der Waals surface area contributed by atoms with Crippen LogP contribution in [0.3, 0.4) is 0 Å². The number of hydrogen-bond donors (Lipinski definition) is 2. The Morgan fingerprint density at radius 1 is 1.39 bits per heavy atom. The number of urea groups is 1. The molecule has 0 rings (SSSR count). The Morgan fingerprint density at radius 3 is 2.44 bits per heavy atom. The molecule has 0 aromatic carbocycles. The molecule has 0 aromatic rings. The highest BCUT2D eigenvalue weighted by Gasteiger charge is 2.22. The van der Waals surface area contributed by atoms with E-state index >= 15 is 0 Å². The van der Waals surface area contributed by atoms with Gasteiger partial charge < -0.3 is 15.3 Å². The molecule has 6 heteroatoms. The predicted octanol–water partition coefficient (Wildman–Crippen LogP) is 2.02. The van der Waals surface area contributed by atoms with Crippen molar-refractivity contribution in [1.82, 2.24) is 10.2 Å². The van der Waals surface area contributed by atoms with Crippen LogP contribution >= 0.6 is 11.8 Å². The van der Waals surface area contributed by atoms with Gasteiger partial charge in [0.15, 0.2) is 0 Å². The molecule has 0 spiro atoms. The number of aliphatic carboxylic acids is 1. The maximum atomic E-state index is 12.0. The first-order chi connectivity index (χ1) is 8.42. The first-order valence-electron chi connectivity index (χ1n) is 6.20. The topological polar surface area (TPSA) is 69.6 Å². The number of nitrogens with zero attached hydrogens (tertiary/aromatic N) is 1. The molecule has 2 atom stereocenters. The summed E-state index contributed by atoms with van der Waals surface area (Å²) in [6.45, 7) is 5.47.